The zero-order chi connectivity index (χ0) is 15.1. The molecule has 0 bridgehead atoms. The van der Waals surface area contributed by atoms with E-state index in [0.717, 1.165) is 13.0 Å². The van der Waals surface area contributed by atoms with Crippen molar-refractivity contribution in [2.24, 2.45) is 0 Å². The fourth-order valence-electron chi connectivity index (χ4n) is 1.65. The molecule has 5 nitrogen and oxygen atoms in total. The molecule has 2 rings (SSSR count). The van der Waals surface area contributed by atoms with Crippen molar-refractivity contribution in [3.63, 3.8) is 0 Å². The Hall–Kier alpha value is -1.92. The largest absolute Gasteiger partial charge is 0.385 e. The van der Waals surface area contributed by atoms with Crippen molar-refractivity contribution < 1.29 is 9.13 Å². The first kappa shape index (κ1) is 15.5. The van der Waals surface area contributed by atoms with Gasteiger partial charge in [-0.1, -0.05) is 11.6 Å². The molecule has 0 amide bonds. The predicted octanol–water partition coefficient (Wildman–Crippen LogP) is 3.46. The predicted molar refractivity (Wildman–Crippen MR) is 81.7 cm³/mol. The summed E-state index contributed by atoms with van der Waals surface area (Å²) in [6, 6.07) is 6.12. The molecule has 2 aromatic rings. The molecule has 0 aliphatic heterocycles. The van der Waals surface area contributed by atoms with E-state index in [1.54, 1.807) is 25.4 Å². The van der Waals surface area contributed by atoms with Crippen molar-refractivity contribution in [2.75, 3.05) is 30.9 Å². The van der Waals surface area contributed by atoms with Crippen LogP contribution in [0.1, 0.15) is 6.42 Å². The van der Waals surface area contributed by atoms with Gasteiger partial charge in [0.25, 0.3) is 0 Å². The van der Waals surface area contributed by atoms with Crippen LogP contribution < -0.4 is 10.6 Å². The standard InChI is InChI=1S/C14H16ClFN4O/c1-21-8-2-6-17-14-18-7-5-13(20-14)19-10-3-4-12(16)11(15)9-10/h3-5,7,9H,2,6,8H2,1H3,(H2,17,18,19,20). The maximum absolute atomic E-state index is 13.1. The lowest BCUT2D eigenvalue weighted by atomic mass is 10.3. The zero-order valence-corrected chi connectivity index (χ0v) is 12.3. The van der Waals surface area contributed by atoms with Crippen LogP contribution in [-0.4, -0.2) is 30.2 Å². The second-order valence-electron chi connectivity index (χ2n) is 4.29. The van der Waals surface area contributed by atoms with E-state index in [0.29, 0.717) is 24.1 Å². The first-order valence-corrected chi connectivity index (χ1v) is 6.85. The topological polar surface area (TPSA) is 59.1 Å². The summed E-state index contributed by atoms with van der Waals surface area (Å²) in [5.41, 5.74) is 0.658. The van der Waals surface area contributed by atoms with Gasteiger partial charge < -0.3 is 15.4 Å². The number of anilines is 3. The highest BCUT2D eigenvalue weighted by atomic mass is 35.5. The van der Waals surface area contributed by atoms with E-state index in [9.17, 15) is 4.39 Å². The van der Waals surface area contributed by atoms with Crippen LogP contribution in [0.5, 0.6) is 0 Å². The molecule has 1 aromatic heterocycles. The number of methoxy groups -OCH3 is 1. The minimum absolute atomic E-state index is 0.0620. The van der Waals surface area contributed by atoms with Crippen molar-refractivity contribution in [3.8, 4) is 0 Å². The van der Waals surface area contributed by atoms with Crippen molar-refractivity contribution in [2.45, 2.75) is 6.42 Å². The molecule has 0 saturated carbocycles. The van der Waals surface area contributed by atoms with E-state index in [-0.39, 0.29) is 5.02 Å². The van der Waals surface area contributed by atoms with E-state index >= 15 is 0 Å². The minimum atomic E-state index is -0.453. The number of ether oxygens (including phenoxy) is 1. The van der Waals surface area contributed by atoms with E-state index in [1.807, 2.05) is 0 Å². The van der Waals surface area contributed by atoms with Crippen molar-refractivity contribution >= 4 is 29.1 Å². The molecular formula is C14H16ClFN4O. The summed E-state index contributed by atoms with van der Waals surface area (Å²) in [5.74, 6) is 0.664. The number of rotatable bonds is 7. The first-order chi connectivity index (χ1) is 10.2. The lowest BCUT2D eigenvalue weighted by molar-refractivity contribution is 0.197. The summed E-state index contributed by atoms with van der Waals surface area (Å²) in [6.45, 7) is 1.40. The fourth-order valence-corrected chi connectivity index (χ4v) is 1.83. The normalized spacial score (nSPS) is 10.4. The lowest BCUT2D eigenvalue weighted by Gasteiger charge is -2.08. The third kappa shape index (κ3) is 4.84. The Balaban J connectivity index is 1.98. The van der Waals surface area contributed by atoms with Gasteiger partial charge >= 0.3 is 0 Å². The molecule has 0 fully saturated rings. The van der Waals surface area contributed by atoms with Crippen LogP contribution in [0.15, 0.2) is 30.5 Å². The number of benzene rings is 1. The second kappa shape index (κ2) is 7.75. The van der Waals surface area contributed by atoms with Crippen LogP contribution >= 0.6 is 11.6 Å². The highest BCUT2D eigenvalue weighted by molar-refractivity contribution is 6.31. The number of hydrogen-bond acceptors (Lipinski definition) is 5. The third-order valence-corrected chi connectivity index (χ3v) is 2.95. The Kier molecular flexibility index (Phi) is 5.71. The second-order valence-corrected chi connectivity index (χ2v) is 4.70. The summed E-state index contributed by atoms with van der Waals surface area (Å²) in [7, 11) is 1.66. The number of aromatic nitrogens is 2. The van der Waals surface area contributed by atoms with E-state index < -0.39 is 5.82 Å². The van der Waals surface area contributed by atoms with Crippen LogP contribution in [0.4, 0.5) is 21.8 Å². The Bertz CT molecular complexity index is 597. The Morgan fingerprint density at radius 3 is 2.95 bits per heavy atom. The summed E-state index contributed by atoms with van der Waals surface area (Å²) in [5, 5.41) is 6.21. The maximum Gasteiger partial charge on any atom is 0.224 e. The zero-order valence-electron chi connectivity index (χ0n) is 11.6. The average molecular weight is 311 g/mol. The third-order valence-electron chi connectivity index (χ3n) is 2.66. The molecule has 0 aliphatic carbocycles. The highest BCUT2D eigenvalue weighted by Gasteiger charge is 2.03. The minimum Gasteiger partial charge on any atom is -0.385 e. The SMILES string of the molecule is COCCCNc1nccc(Nc2ccc(F)c(Cl)c2)n1. The molecule has 7 heteroatoms. The summed E-state index contributed by atoms with van der Waals surface area (Å²) < 4.78 is 18.1. The van der Waals surface area contributed by atoms with Crippen LogP contribution in [0.25, 0.3) is 0 Å². The molecule has 1 heterocycles. The molecule has 0 spiro atoms. The van der Waals surface area contributed by atoms with Crippen molar-refractivity contribution in [1.82, 2.24) is 9.97 Å². The lowest BCUT2D eigenvalue weighted by Crippen LogP contribution is -2.08. The molecule has 2 N–H and O–H groups in total. The van der Waals surface area contributed by atoms with Gasteiger partial charge in [-0.05, 0) is 30.7 Å². The molecule has 0 unspecified atom stereocenters. The Labute approximate surface area is 127 Å². The number of nitrogens with zero attached hydrogens (tertiary/aromatic N) is 2. The van der Waals surface area contributed by atoms with Crippen molar-refractivity contribution in [3.05, 3.63) is 41.3 Å². The molecular weight excluding hydrogens is 295 g/mol. The fraction of sp³-hybridized carbons (Fsp3) is 0.286. The molecule has 112 valence electrons. The van der Waals surface area contributed by atoms with Crippen LogP contribution in [-0.2, 0) is 4.74 Å². The Morgan fingerprint density at radius 2 is 2.19 bits per heavy atom. The highest BCUT2D eigenvalue weighted by Crippen LogP contribution is 2.22. The van der Waals surface area contributed by atoms with Gasteiger partial charge in [-0.3, -0.25) is 0 Å². The summed E-state index contributed by atoms with van der Waals surface area (Å²) in [4.78, 5) is 8.43. The van der Waals surface area contributed by atoms with Crippen LogP contribution in [0.3, 0.4) is 0 Å². The van der Waals surface area contributed by atoms with E-state index in [1.165, 1.54) is 12.1 Å². The maximum atomic E-state index is 13.1. The van der Waals surface area contributed by atoms with Gasteiger partial charge in [0.2, 0.25) is 5.95 Å². The van der Waals surface area contributed by atoms with Gasteiger partial charge in [-0.2, -0.15) is 4.98 Å². The Morgan fingerprint density at radius 1 is 1.33 bits per heavy atom. The molecule has 0 radical (unpaired) electrons. The van der Waals surface area contributed by atoms with Crippen LogP contribution in [0, 0.1) is 5.82 Å². The molecule has 21 heavy (non-hydrogen) atoms. The number of halogens is 2. The van der Waals surface area contributed by atoms with E-state index in [2.05, 4.69) is 20.6 Å². The van der Waals surface area contributed by atoms with Gasteiger partial charge in [0.05, 0.1) is 5.02 Å². The summed E-state index contributed by atoms with van der Waals surface area (Å²) >= 11 is 5.74. The van der Waals surface area contributed by atoms with Gasteiger partial charge in [-0.25, -0.2) is 9.37 Å². The van der Waals surface area contributed by atoms with Gasteiger partial charge in [-0.15, -0.1) is 0 Å². The number of nitrogens with one attached hydrogen (secondary N) is 2. The summed E-state index contributed by atoms with van der Waals surface area (Å²) in [6.07, 6.45) is 2.50. The molecule has 0 saturated heterocycles. The average Bonchev–Trinajstić information content (AvgIpc) is 2.48. The van der Waals surface area contributed by atoms with E-state index in [4.69, 9.17) is 16.3 Å². The van der Waals surface area contributed by atoms with Gasteiger partial charge in [0.15, 0.2) is 0 Å². The van der Waals surface area contributed by atoms with Gasteiger partial charge in [0, 0.05) is 32.1 Å². The smallest absolute Gasteiger partial charge is 0.224 e. The van der Waals surface area contributed by atoms with Gasteiger partial charge in [0.1, 0.15) is 11.6 Å². The van der Waals surface area contributed by atoms with Crippen molar-refractivity contribution in [1.29, 1.82) is 0 Å². The van der Waals surface area contributed by atoms with Crippen LogP contribution in [0.2, 0.25) is 5.02 Å². The monoisotopic (exact) mass is 310 g/mol. The quantitative estimate of drug-likeness (QED) is 0.767. The molecule has 0 aliphatic rings. The first-order valence-electron chi connectivity index (χ1n) is 6.47. The number of hydrogen-bond donors (Lipinski definition) is 2. The molecule has 1 aromatic carbocycles. The molecule has 0 atom stereocenters.